The molecule has 2 nitrogen and oxygen atoms in total. The molecule has 0 saturated carbocycles. The lowest BCUT2D eigenvalue weighted by Crippen LogP contribution is -1.96. The summed E-state index contributed by atoms with van der Waals surface area (Å²) in [5, 5.41) is 8.94. The first-order chi connectivity index (χ1) is 8.29. The van der Waals surface area contributed by atoms with Crippen molar-refractivity contribution in [2.45, 2.75) is 13.2 Å². The Bertz CT molecular complexity index is 480. The molecule has 0 heterocycles. The Morgan fingerprint density at radius 1 is 0.941 bits per heavy atom. The number of ether oxygens (including phenoxy) is 1. The fraction of sp³-hybridized carbons (Fsp3) is 0.143. The summed E-state index contributed by atoms with van der Waals surface area (Å²) in [6.45, 7) is 0.597. The van der Waals surface area contributed by atoms with Crippen molar-refractivity contribution in [3.05, 3.63) is 64.1 Å². The Kier molecular flexibility index (Phi) is 4.18. The fourth-order valence-corrected chi connectivity index (χ4v) is 1.86. The van der Waals surface area contributed by atoms with Gasteiger partial charge in [0.25, 0.3) is 0 Å². The first-order valence-corrected chi connectivity index (χ1v) is 6.15. The van der Waals surface area contributed by atoms with Crippen LogP contribution in [0.4, 0.5) is 0 Å². The highest BCUT2D eigenvalue weighted by atomic mass is 79.9. The molecule has 3 heteroatoms. The van der Waals surface area contributed by atoms with E-state index >= 15 is 0 Å². The Morgan fingerprint density at radius 2 is 1.59 bits per heavy atom. The summed E-state index contributed by atoms with van der Waals surface area (Å²) in [6, 6.07) is 15.5. The third-order valence-corrected chi connectivity index (χ3v) is 3.09. The second-order valence-corrected chi connectivity index (χ2v) is 4.55. The largest absolute Gasteiger partial charge is 0.488 e. The number of aliphatic hydroxyl groups is 1. The number of aliphatic hydroxyl groups excluding tert-OH is 1. The van der Waals surface area contributed by atoms with E-state index < -0.39 is 0 Å². The summed E-state index contributed by atoms with van der Waals surface area (Å²) in [5.41, 5.74) is 1.99. The van der Waals surface area contributed by atoms with Gasteiger partial charge in [-0.1, -0.05) is 36.4 Å². The molecule has 0 aliphatic carbocycles. The first-order valence-electron chi connectivity index (χ1n) is 5.35. The van der Waals surface area contributed by atoms with E-state index in [0.29, 0.717) is 6.61 Å². The van der Waals surface area contributed by atoms with E-state index in [1.165, 1.54) is 0 Å². The van der Waals surface area contributed by atoms with Gasteiger partial charge in [-0.3, -0.25) is 0 Å². The van der Waals surface area contributed by atoms with Gasteiger partial charge in [0.2, 0.25) is 0 Å². The third-order valence-electron chi connectivity index (χ3n) is 2.44. The maximum Gasteiger partial charge on any atom is 0.133 e. The van der Waals surface area contributed by atoms with E-state index in [0.717, 1.165) is 21.3 Å². The van der Waals surface area contributed by atoms with Crippen molar-refractivity contribution in [1.82, 2.24) is 0 Å². The van der Waals surface area contributed by atoms with Crippen LogP contribution in [0.1, 0.15) is 11.1 Å². The van der Waals surface area contributed by atoms with E-state index in [1.54, 1.807) is 0 Å². The predicted molar refractivity (Wildman–Crippen MR) is 70.8 cm³/mol. The normalized spacial score (nSPS) is 10.2. The van der Waals surface area contributed by atoms with Crippen molar-refractivity contribution in [3.8, 4) is 5.75 Å². The number of hydrogen-bond acceptors (Lipinski definition) is 2. The maximum absolute atomic E-state index is 8.94. The van der Waals surface area contributed by atoms with Gasteiger partial charge < -0.3 is 9.84 Å². The highest BCUT2D eigenvalue weighted by Gasteiger charge is 2.00. The molecular weight excluding hydrogens is 280 g/mol. The number of rotatable bonds is 4. The fourth-order valence-electron chi connectivity index (χ4n) is 1.46. The summed E-state index contributed by atoms with van der Waals surface area (Å²) in [5.74, 6) is 0.832. The lowest BCUT2D eigenvalue weighted by Gasteiger charge is -2.08. The molecule has 1 N–H and O–H groups in total. The van der Waals surface area contributed by atoms with Crippen molar-refractivity contribution in [1.29, 1.82) is 0 Å². The van der Waals surface area contributed by atoms with E-state index in [4.69, 9.17) is 9.84 Å². The second-order valence-electron chi connectivity index (χ2n) is 3.69. The zero-order chi connectivity index (χ0) is 12.1. The lowest BCUT2D eigenvalue weighted by atomic mass is 10.1. The summed E-state index contributed by atoms with van der Waals surface area (Å²) in [6.07, 6.45) is 0. The molecule has 0 aliphatic rings. The van der Waals surface area contributed by atoms with E-state index in [9.17, 15) is 0 Å². The highest BCUT2D eigenvalue weighted by Crippen LogP contribution is 2.24. The van der Waals surface area contributed by atoms with Crippen LogP contribution in [0.15, 0.2) is 53.0 Å². The molecule has 0 atom stereocenters. The number of halogens is 1. The average Bonchev–Trinajstić information content (AvgIpc) is 2.38. The van der Waals surface area contributed by atoms with Gasteiger partial charge in [0.1, 0.15) is 12.4 Å². The molecule has 17 heavy (non-hydrogen) atoms. The van der Waals surface area contributed by atoms with Crippen LogP contribution in [0.2, 0.25) is 0 Å². The summed E-state index contributed by atoms with van der Waals surface area (Å²) in [7, 11) is 0. The monoisotopic (exact) mass is 292 g/mol. The van der Waals surface area contributed by atoms with Gasteiger partial charge >= 0.3 is 0 Å². The van der Waals surface area contributed by atoms with Gasteiger partial charge in [-0.2, -0.15) is 0 Å². The molecule has 0 aliphatic heterocycles. The molecule has 0 unspecified atom stereocenters. The van der Waals surface area contributed by atoms with Crippen LogP contribution in [0.3, 0.4) is 0 Å². The van der Waals surface area contributed by atoms with E-state index in [1.807, 2.05) is 48.5 Å². The summed E-state index contributed by atoms with van der Waals surface area (Å²) in [4.78, 5) is 0. The zero-order valence-corrected chi connectivity index (χ0v) is 10.9. The minimum Gasteiger partial charge on any atom is -0.488 e. The summed E-state index contributed by atoms with van der Waals surface area (Å²) >= 11 is 3.43. The zero-order valence-electron chi connectivity index (χ0n) is 9.27. The Morgan fingerprint density at radius 3 is 2.24 bits per heavy atom. The Balaban J connectivity index is 2.00. The van der Waals surface area contributed by atoms with Crippen molar-refractivity contribution in [2.24, 2.45) is 0 Å². The van der Waals surface area contributed by atoms with Gasteiger partial charge in [0.05, 0.1) is 11.1 Å². The SMILES string of the molecule is OCc1ccc(COc2ccccc2Br)cc1. The highest BCUT2D eigenvalue weighted by molar-refractivity contribution is 9.10. The van der Waals surface area contributed by atoms with Gasteiger partial charge in [-0.25, -0.2) is 0 Å². The predicted octanol–water partition coefficient (Wildman–Crippen LogP) is 3.52. The van der Waals surface area contributed by atoms with Crippen LogP contribution in [0.25, 0.3) is 0 Å². The standard InChI is InChI=1S/C14H13BrO2/c15-13-3-1-2-4-14(13)17-10-12-7-5-11(9-16)6-8-12/h1-8,16H,9-10H2. The quantitative estimate of drug-likeness (QED) is 0.934. The van der Waals surface area contributed by atoms with Gasteiger partial charge in [-0.05, 0) is 39.2 Å². The molecule has 0 radical (unpaired) electrons. The number of hydrogen-bond donors (Lipinski definition) is 1. The molecule has 2 aromatic carbocycles. The molecule has 0 saturated heterocycles. The third kappa shape index (κ3) is 3.32. The molecule has 88 valence electrons. The Hall–Kier alpha value is -1.32. The molecule has 2 aromatic rings. The van der Waals surface area contributed by atoms with Gasteiger partial charge in [0.15, 0.2) is 0 Å². The van der Waals surface area contributed by atoms with Crippen molar-refractivity contribution >= 4 is 15.9 Å². The number of para-hydroxylation sites is 1. The van der Waals surface area contributed by atoms with Crippen LogP contribution in [0.5, 0.6) is 5.75 Å². The van der Waals surface area contributed by atoms with Crippen LogP contribution >= 0.6 is 15.9 Å². The van der Waals surface area contributed by atoms with Crippen molar-refractivity contribution < 1.29 is 9.84 Å². The Labute approximate surface area is 109 Å². The minimum absolute atomic E-state index is 0.0748. The maximum atomic E-state index is 8.94. The smallest absolute Gasteiger partial charge is 0.133 e. The van der Waals surface area contributed by atoms with Crippen LogP contribution in [-0.4, -0.2) is 5.11 Å². The first kappa shape index (κ1) is 12.1. The van der Waals surface area contributed by atoms with E-state index in [-0.39, 0.29) is 6.61 Å². The van der Waals surface area contributed by atoms with Gasteiger partial charge in [-0.15, -0.1) is 0 Å². The lowest BCUT2D eigenvalue weighted by molar-refractivity contribution is 0.281. The average molecular weight is 293 g/mol. The molecule has 0 fully saturated rings. The van der Waals surface area contributed by atoms with Crippen molar-refractivity contribution in [2.75, 3.05) is 0 Å². The topological polar surface area (TPSA) is 29.5 Å². The van der Waals surface area contributed by atoms with Crippen LogP contribution in [0, 0.1) is 0 Å². The number of benzene rings is 2. The molecule has 0 bridgehead atoms. The second kappa shape index (κ2) is 5.84. The van der Waals surface area contributed by atoms with Crippen LogP contribution < -0.4 is 4.74 Å². The van der Waals surface area contributed by atoms with E-state index in [2.05, 4.69) is 15.9 Å². The van der Waals surface area contributed by atoms with Crippen LogP contribution in [-0.2, 0) is 13.2 Å². The minimum atomic E-state index is 0.0748. The molecule has 0 spiro atoms. The van der Waals surface area contributed by atoms with Crippen molar-refractivity contribution in [3.63, 3.8) is 0 Å². The molecular formula is C14H13BrO2. The molecule has 0 aromatic heterocycles. The molecule has 2 rings (SSSR count). The molecule has 0 amide bonds. The summed E-state index contributed by atoms with van der Waals surface area (Å²) < 4.78 is 6.64. The van der Waals surface area contributed by atoms with Gasteiger partial charge in [0, 0.05) is 0 Å².